The molecule has 1 fully saturated rings. The summed E-state index contributed by atoms with van der Waals surface area (Å²) in [5.41, 5.74) is -0.472. The van der Waals surface area contributed by atoms with Gasteiger partial charge >= 0.3 is 0 Å². The number of aliphatic hydroxyl groups excluding tert-OH is 1. The Hall–Kier alpha value is -0.160. The zero-order valence-corrected chi connectivity index (χ0v) is 10.8. The van der Waals surface area contributed by atoms with Gasteiger partial charge in [0.2, 0.25) is 5.24 Å². The second-order valence-electron chi connectivity index (χ2n) is 5.00. The van der Waals surface area contributed by atoms with Crippen LogP contribution in [0.2, 0.25) is 0 Å². The van der Waals surface area contributed by atoms with Crippen LogP contribution in [-0.2, 0) is 4.79 Å². The number of aliphatic hydroxyl groups is 1. The van der Waals surface area contributed by atoms with E-state index < -0.39 is 5.41 Å². The van der Waals surface area contributed by atoms with Gasteiger partial charge in [-0.2, -0.15) is 0 Å². The molecule has 0 saturated carbocycles. The van der Waals surface area contributed by atoms with Crippen molar-refractivity contribution in [3.05, 3.63) is 0 Å². The zero-order valence-electron chi connectivity index (χ0n) is 10.1. The number of β-amino-alcohol motifs (C(OH)–C–C–N with tert-alkyl or cyclic N) is 1. The molecule has 0 atom stereocenters. The lowest BCUT2D eigenvalue weighted by molar-refractivity contribution is -0.120. The van der Waals surface area contributed by atoms with Gasteiger partial charge in [-0.1, -0.05) is 13.8 Å². The van der Waals surface area contributed by atoms with Crippen molar-refractivity contribution in [3.63, 3.8) is 0 Å². The molecule has 0 radical (unpaired) electrons. The van der Waals surface area contributed by atoms with Gasteiger partial charge < -0.3 is 5.11 Å². The van der Waals surface area contributed by atoms with E-state index in [1.54, 1.807) is 0 Å². The Kier molecular flexibility index (Phi) is 5.18. The van der Waals surface area contributed by atoms with Gasteiger partial charge in [0, 0.05) is 39.3 Å². The Morgan fingerprint density at radius 3 is 2.19 bits per heavy atom. The van der Waals surface area contributed by atoms with Gasteiger partial charge in [0.05, 0.1) is 12.0 Å². The summed E-state index contributed by atoms with van der Waals surface area (Å²) in [4.78, 5) is 15.7. The third-order valence-corrected chi connectivity index (χ3v) is 3.54. The summed E-state index contributed by atoms with van der Waals surface area (Å²) in [5.74, 6) is 0. The first-order valence-corrected chi connectivity index (χ1v) is 6.09. The predicted molar refractivity (Wildman–Crippen MR) is 64.6 cm³/mol. The Balaban J connectivity index is 2.34. The number of rotatable bonds is 5. The summed E-state index contributed by atoms with van der Waals surface area (Å²) < 4.78 is 0. The smallest absolute Gasteiger partial charge is 0.228 e. The van der Waals surface area contributed by atoms with Gasteiger partial charge in [-0.05, 0) is 11.6 Å². The van der Waals surface area contributed by atoms with Crippen molar-refractivity contribution in [1.82, 2.24) is 9.80 Å². The summed E-state index contributed by atoms with van der Waals surface area (Å²) in [6.45, 7) is 9.20. The lowest BCUT2D eigenvalue weighted by atomic mass is 9.94. The third-order valence-electron chi connectivity index (χ3n) is 3.03. The number of hydrogen-bond donors (Lipinski definition) is 1. The second-order valence-corrected chi connectivity index (χ2v) is 5.34. The van der Waals surface area contributed by atoms with Gasteiger partial charge in [0.25, 0.3) is 0 Å². The Labute approximate surface area is 102 Å². The van der Waals surface area contributed by atoms with Crippen molar-refractivity contribution in [3.8, 4) is 0 Å². The molecule has 1 N–H and O–H groups in total. The van der Waals surface area contributed by atoms with Gasteiger partial charge in [-0.3, -0.25) is 14.6 Å². The first-order chi connectivity index (χ1) is 7.45. The average molecular weight is 249 g/mol. The molecule has 1 saturated heterocycles. The summed E-state index contributed by atoms with van der Waals surface area (Å²) in [7, 11) is 0. The molecule has 0 aromatic carbocycles. The molecule has 4 nitrogen and oxygen atoms in total. The molecule has 0 aromatic rings. The summed E-state index contributed by atoms with van der Waals surface area (Å²) >= 11 is 5.56. The summed E-state index contributed by atoms with van der Waals surface area (Å²) in [6, 6.07) is 0. The van der Waals surface area contributed by atoms with Crippen LogP contribution < -0.4 is 0 Å². The van der Waals surface area contributed by atoms with Crippen LogP contribution in [0.25, 0.3) is 0 Å². The maximum atomic E-state index is 11.2. The van der Waals surface area contributed by atoms with Gasteiger partial charge in [0.1, 0.15) is 0 Å². The molecule has 5 heteroatoms. The maximum Gasteiger partial charge on any atom is 0.228 e. The highest BCUT2D eigenvalue weighted by atomic mass is 35.5. The quantitative estimate of drug-likeness (QED) is 0.715. The van der Waals surface area contributed by atoms with Crippen molar-refractivity contribution >= 4 is 16.8 Å². The SMILES string of the molecule is CC(C)(CN1CCN(CCO)CC1)C(=O)Cl. The summed E-state index contributed by atoms with van der Waals surface area (Å²) in [6.07, 6.45) is 0. The van der Waals surface area contributed by atoms with Crippen LogP contribution in [0.4, 0.5) is 0 Å². The van der Waals surface area contributed by atoms with Gasteiger partial charge in [-0.25, -0.2) is 0 Å². The van der Waals surface area contributed by atoms with Crippen LogP contribution in [0.1, 0.15) is 13.8 Å². The van der Waals surface area contributed by atoms with Crippen molar-refractivity contribution in [2.75, 3.05) is 45.9 Å². The van der Waals surface area contributed by atoms with Crippen LogP contribution in [-0.4, -0.2) is 66.0 Å². The molecule has 0 spiro atoms. The fourth-order valence-corrected chi connectivity index (χ4v) is 1.99. The molecule has 0 aromatic heterocycles. The molecule has 0 aliphatic carbocycles. The van der Waals surface area contributed by atoms with Crippen molar-refractivity contribution in [2.45, 2.75) is 13.8 Å². The fraction of sp³-hybridized carbons (Fsp3) is 0.909. The first kappa shape index (κ1) is 13.9. The van der Waals surface area contributed by atoms with Gasteiger partial charge in [-0.15, -0.1) is 0 Å². The van der Waals surface area contributed by atoms with E-state index in [1.165, 1.54) is 0 Å². The number of piperazine rings is 1. The van der Waals surface area contributed by atoms with Crippen LogP contribution in [0, 0.1) is 5.41 Å². The standard InChI is InChI=1S/C11H21ClN2O2/c1-11(2,10(12)16)9-14-5-3-13(4-6-14)7-8-15/h15H,3-9H2,1-2H3. The minimum Gasteiger partial charge on any atom is -0.395 e. The Morgan fingerprint density at radius 2 is 1.75 bits per heavy atom. The van der Waals surface area contributed by atoms with Crippen LogP contribution >= 0.6 is 11.6 Å². The normalized spacial score (nSPS) is 20.0. The van der Waals surface area contributed by atoms with Crippen molar-refractivity contribution < 1.29 is 9.90 Å². The van der Waals surface area contributed by atoms with Crippen LogP contribution in [0.15, 0.2) is 0 Å². The largest absolute Gasteiger partial charge is 0.395 e. The van der Waals surface area contributed by atoms with E-state index in [0.29, 0.717) is 6.54 Å². The van der Waals surface area contributed by atoms with Gasteiger partial charge in [0.15, 0.2) is 0 Å². The lowest BCUT2D eigenvalue weighted by Crippen LogP contribution is -2.50. The topological polar surface area (TPSA) is 43.8 Å². The van der Waals surface area contributed by atoms with E-state index in [2.05, 4.69) is 9.80 Å². The highest BCUT2D eigenvalue weighted by molar-refractivity contribution is 6.64. The molecule has 0 unspecified atom stereocenters. The monoisotopic (exact) mass is 248 g/mol. The molecule has 16 heavy (non-hydrogen) atoms. The second kappa shape index (κ2) is 5.96. The fourth-order valence-electron chi connectivity index (χ4n) is 1.93. The van der Waals surface area contributed by atoms with E-state index in [1.807, 2.05) is 13.8 Å². The zero-order chi connectivity index (χ0) is 12.2. The third kappa shape index (κ3) is 4.01. The molecule has 1 aliphatic rings. The molecule has 0 bridgehead atoms. The number of hydrogen-bond acceptors (Lipinski definition) is 4. The number of nitrogens with zero attached hydrogens (tertiary/aromatic N) is 2. The van der Waals surface area contributed by atoms with E-state index in [4.69, 9.17) is 16.7 Å². The molecule has 0 amide bonds. The maximum absolute atomic E-state index is 11.2. The average Bonchev–Trinajstić information content (AvgIpc) is 2.21. The molecular weight excluding hydrogens is 228 g/mol. The molecule has 1 aliphatic heterocycles. The van der Waals surface area contributed by atoms with E-state index in [-0.39, 0.29) is 11.8 Å². The minimum absolute atomic E-state index is 0.214. The van der Waals surface area contributed by atoms with Crippen LogP contribution in [0.3, 0.4) is 0 Å². The highest BCUT2D eigenvalue weighted by Gasteiger charge is 2.29. The highest BCUT2D eigenvalue weighted by Crippen LogP contribution is 2.21. The van der Waals surface area contributed by atoms with E-state index in [0.717, 1.165) is 32.7 Å². The number of halogens is 1. The summed E-state index contributed by atoms with van der Waals surface area (Å²) in [5, 5.41) is 8.55. The Morgan fingerprint density at radius 1 is 1.25 bits per heavy atom. The molecule has 94 valence electrons. The first-order valence-electron chi connectivity index (χ1n) is 5.71. The lowest BCUT2D eigenvalue weighted by Gasteiger charge is -2.37. The number of carbonyl (C=O) groups is 1. The molecule has 1 heterocycles. The number of carbonyl (C=O) groups excluding carboxylic acids is 1. The van der Waals surface area contributed by atoms with Crippen molar-refractivity contribution in [1.29, 1.82) is 0 Å². The molecular formula is C11H21ClN2O2. The van der Waals surface area contributed by atoms with Crippen molar-refractivity contribution in [2.24, 2.45) is 5.41 Å². The van der Waals surface area contributed by atoms with E-state index >= 15 is 0 Å². The van der Waals surface area contributed by atoms with Crippen LogP contribution in [0.5, 0.6) is 0 Å². The Bertz CT molecular complexity index is 238. The van der Waals surface area contributed by atoms with E-state index in [9.17, 15) is 4.79 Å². The molecule has 1 rings (SSSR count). The minimum atomic E-state index is -0.472. The predicted octanol–water partition coefficient (Wildman–Crippen LogP) is 0.388.